The Morgan fingerprint density at radius 3 is 2.81 bits per heavy atom. The van der Waals surface area contributed by atoms with E-state index >= 15 is 0 Å². The molecule has 1 atom stereocenters. The summed E-state index contributed by atoms with van der Waals surface area (Å²) in [5.41, 5.74) is 2.81. The molecule has 21 heavy (non-hydrogen) atoms. The van der Waals surface area contributed by atoms with Gasteiger partial charge >= 0.3 is 0 Å². The summed E-state index contributed by atoms with van der Waals surface area (Å²) in [6, 6.07) is 8.66. The lowest BCUT2D eigenvalue weighted by molar-refractivity contribution is 0.0897. The van der Waals surface area contributed by atoms with Gasteiger partial charge in [-0.15, -0.1) is 0 Å². The predicted octanol–water partition coefficient (Wildman–Crippen LogP) is 2.82. The van der Waals surface area contributed by atoms with Gasteiger partial charge in [-0.25, -0.2) is 0 Å². The molecule has 0 spiro atoms. The summed E-state index contributed by atoms with van der Waals surface area (Å²) in [6.07, 6.45) is 3.79. The third-order valence-corrected chi connectivity index (χ3v) is 4.09. The average Bonchev–Trinajstić information content (AvgIpc) is 3.30. The Morgan fingerprint density at radius 1 is 1.29 bits per heavy atom. The second-order valence-corrected chi connectivity index (χ2v) is 6.17. The van der Waals surface area contributed by atoms with Gasteiger partial charge in [-0.1, -0.05) is 24.3 Å². The fourth-order valence-electron chi connectivity index (χ4n) is 2.51. The first kappa shape index (κ1) is 16.5. The van der Waals surface area contributed by atoms with Gasteiger partial charge in [-0.05, 0) is 49.1 Å². The van der Waals surface area contributed by atoms with Gasteiger partial charge in [0.05, 0.1) is 13.2 Å². The summed E-state index contributed by atoms with van der Waals surface area (Å²) in [5, 5.41) is 3.47. The monoisotopic (exact) mass is 291 g/mol. The molecule has 1 aromatic rings. The highest BCUT2D eigenvalue weighted by Gasteiger charge is 2.22. The van der Waals surface area contributed by atoms with Crippen LogP contribution in [0.2, 0.25) is 0 Å². The maximum absolute atomic E-state index is 5.92. The highest BCUT2D eigenvalue weighted by atomic mass is 16.5. The van der Waals surface area contributed by atoms with Crippen LogP contribution in [-0.4, -0.2) is 40.0 Å². The van der Waals surface area contributed by atoms with Crippen LogP contribution < -0.4 is 5.32 Å². The molecule has 0 aliphatic heterocycles. The third-order valence-electron chi connectivity index (χ3n) is 4.09. The van der Waals surface area contributed by atoms with Crippen molar-refractivity contribution in [2.24, 2.45) is 11.8 Å². The van der Waals surface area contributed by atoms with Gasteiger partial charge < -0.3 is 14.8 Å². The molecule has 0 heterocycles. The van der Waals surface area contributed by atoms with E-state index in [9.17, 15) is 0 Å². The first-order valence-electron chi connectivity index (χ1n) is 8.11. The van der Waals surface area contributed by atoms with Crippen LogP contribution in [0.25, 0.3) is 0 Å². The molecule has 0 saturated heterocycles. The third kappa shape index (κ3) is 6.60. The number of rotatable bonds is 11. The summed E-state index contributed by atoms with van der Waals surface area (Å²) < 4.78 is 11.0. The maximum atomic E-state index is 5.92. The fraction of sp³-hybridized carbons (Fsp3) is 0.667. The lowest BCUT2D eigenvalue weighted by atomic mass is 9.96. The number of hydrogen-bond acceptors (Lipinski definition) is 3. The van der Waals surface area contributed by atoms with E-state index in [1.807, 2.05) is 0 Å². The highest BCUT2D eigenvalue weighted by molar-refractivity contribution is 5.25. The molecule has 1 unspecified atom stereocenters. The van der Waals surface area contributed by atoms with Gasteiger partial charge in [0.1, 0.15) is 0 Å². The summed E-state index contributed by atoms with van der Waals surface area (Å²) in [7, 11) is 1.74. The van der Waals surface area contributed by atoms with Gasteiger partial charge in [0.25, 0.3) is 0 Å². The first-order chi connectivity index (χ1) is 10.3. The maximum Gasteiger partial charge on any atom is 0.0587 e. The van der Waals surface area contributed by atoms with Crippen molar-refractivity contribution >= 4 is 0 Å². The van der Waals surface area contributed by atoms with E-state index < -0.39 is 0 Å². The molecule has 3 heteroatoms. The molecule has 1 aliphatic rings. The topological polar surface area (TPSA) is 30.5 Å². The summed E-state index contributed by atoms with van der Waals surface area (Å²) in [6.45, 7) is 6.65. The fourth-order valence-corrected chi connectivity index (χ4v) is 2.51. The van der Waals surface area contributed by atoms with Gasteiger partial charge in [0, 0.05) is 26.8 Å². The van der Waals surface area contributed by atoms with E-state index in [2.05, 4.69) is 36.5 Å². The van der Waals surface area contributed by atoms with Crippen LogP contribution in [0.3, 0.4) is 0 Å². The molecule has 1 aliphatic carbocycles. The van der Waals surface area contributed by atoms with Crippen molar-refractivity contribution in [1.29, 1.82) is 0 Å². The predicted molar refractivity (Wildman–Crippen MR) is 86.7 cm³/mol. The second-order valence-electron chi connectivity index (χ2n) is 6.17. The molecule has 118 valence electrons. The number of methoxy groups -OCH3 is 1. The molecule has 0 radical (unpaired) electrons. The Hall–Kier alpha value is -0.900. The Labute approximate surface area is 129 Å². The van der Waals surface area contributed by atoms with Crippen molar-refractivity contribution < 1.29 is 9.47 Å². The molecule has 3 nitrogen and oxygen atoms in total. The highest BCUT2D eigenvalue weighted by Crippen LogP contribution is 2.29. The van der Waals surface area contributed by atoms with Gasteiger partial charge in [0.15, 0.2) is 0 Å². The normalized spacial score (nSPS) is 16.1. The van der Waals surface area contributed by atoms with Crippen molar-refractivity contribution in [1.82, 2.24) is 5.32 Å². The largest absolute Gasteiger partial charge is 0.383 e. The lowest BCUT2D eigenvalue weighted by Crippen LogP contribution is -2.30. The molecule has 0 aromatic heterocycles. The summed E-state index contributed by atoms with van der Waals surface area (Å²) in [4.78, 5) is 0. The van der Waals surface area contributed by atoms with E-state index in [-0.39, 0.29) is 0 Å². The minimum atomic E-state index is 0.529. The van der Waals surface area contributed by atoms with Crippen molar-refractivity contribution in [2.75, 3.05) is 40.0 Å². The molecule has 0 amide bonds. The summed E-state index contributed by atoms with van der Waals surface area (Å²) >= 11 is 0. The Kier molecular flexibility index (Phi) is 7.20. The zero-order chi connectivity index (χ0) is 14.9. The van der Waals surface area contributed by atoms with Crippen LogP contribution in [0.1, 0.15) is 24.0 Å². The van der Waals surface area contributed by atoms with Crippen molar-refractivity contribution in [3.05, 3.63) is 35.4 Å². The molecule has 2 rings (SSSR count). The zero-order valence-electron chi connectivity index (χ0n) is 13.4. The number of benzene rings is 1. The minimum Gasteiger partial charge on any atom is -0.383 e. The Bertz CT molecular complexity index is 404. The zero-order valence-corrected chi connectivity index (χ0v) is 13.4. The quantitative estimate of drug-likeness (QED) is 0.636. The van der Waals surface area contributed by atoms with Crippen molar-refractivity contribution in [3.8, 4) is 0 Å². The van der Waals surface area contributed by atoms with Crippen LogP contribution in [0, 0.1) is 18.8 Å². The van der Waals surface area contributed by atoms with E-state index in [0.717, 1.165) is 45.2 Å². The van der Waals surface area contributed by atoms with Gasteiger partial charge in [-0.2, -0.15) is 0 Å². The van der Waals surface area contributed by atoms with Crippen LogP contribution in [0.5, 0.6) is 0 Å². The van der Waals surface area contributed by atoms with Crippen LogP contribution in [0.15, 0.2) is 24.3 Å². The number of hydrogen-bond donors (Lipinski definition) is 1. The molecule has 1 aromatic carbocycles. The van der Waals surface area contributed by atoms with Crippen LogP contribution in [0.4, 0.5) is 0 Å². The molecule has 1 saturated carbocycles. The standard InChI is InChI=1S/C18H29NO2/c1-15-5-3-4-6-18(15)11-17(12-19-9-10-20-2)14-21-13-16-7-8-16/h3-6,16-17,19H,7-14H2,1-2H3. The van der Waals surface area contributed by atoms with Crippen LogP contribution in [-0.2, 0) is 15.9 Å². The lowest BCUT2D eigenvalue weighted by Gasteiger charge is -2.19. The molecular weight excluding hydrogens is 262 g/mol. The number of nitrogens with one attached hydrogen (secondary N) is 1. The van der Waals surface area contributed by atoms with Gasteiger partial charge in [0.2, 0.25) is 0 Å². The van der Waals surface area contributed by atoms with Gasteiger partial charge in [-0.3, -0.25) is 0 Å². The van der Waals surface area contributed by atoms with E-state index in [1.165, 1.54) is 24.0 Å². The molecule has 0 bridgehead atoms. The number of ether oxygens (including phenoxy) is 2. The second kappa shape index (κ2) is 9.19. The van der Waals surface area contributed by atoms with E-state index in [0.29, 0.717) is 5.92 Å². The molecule has 1 N–H and O–H groups in total. The average molecular weight is 291 g/mol. The summed E-state index contributed by atoms with van der Waals surface area (Å²) in [5.74, 6) is 1.37. The number of aryl methyl sites for hydroxylation is 1. The first-order valence-corrected chi connectivity index (χ1v) is 8.11. The van der Waals surface area contributed by atoms with E-state index in [4.69, 9.17) is 9.47 Å². The van der Waals surface area contributed by atoms with E-state index in [1.54, 1.807) is 7.11 Å². The van der Waals surface area contributed by atoms with Crippen LogP contribution >= 0.6 is 0 Å². The molecular formula is C18H29NO2. The Balaban J connectivity index is 1.79. The van der Waals surface area contributed by atoms with Crippen molar-refractivity contribution in [2.45, 2.75) is 26.2 Å². The smallest absolute Gasteiger partial charge is 0.0587 e. The SMILES string of the molecule is COCCNCC(COCC1CC1)Cc1ccccc1C. The molecule has 1 fully saturated rings. The van der Waals surface area contributed by atoms with Crippen molar-refractivity contribution in [3.63, 3.8) is 0 Å². The minimum absolute atomic E-state index is 0.529. The Morgan fingerprint density at radius 2 is 2.10 bits per heavy atom.